The molecule has 0 spiro atoms. The summed E-state index contributed by atoms with van der Waals surface area (Å²) in [5, 5.41) is 0. The fourth-order valence-corrected chi connectivity index (χ4v) is 1.79. The van der Waals surface area contributed by atoms with Gasteiger partial charge < -0.3 is 0 Å². The molecule has 0 aromatic rings. The highest BCUT2D eigenvalue weighted by Gasteiger charge is 2.12. The third kappa shape index (κ3) is 10.9. The molecule has 0 nitrogen and oxygen atoms in total. The second-order valence-corrected chi connectivity index (χ2v) is 7.45. The summed E-state index contributed by atoms with van der Waals surface area (Å²) in [6.45, 7) is 12.2. The average molecular weight is 227 g/mol. The molecule has 1 atom stereocenters. The van der Waals surface area contributed by atoms with Gasteiger partial charge in [-0.3, -0.25) is 0 Å². The van der Waals surface area contributed by atoms with Gasteiger partial charge in [-0.1, -0.05) is 45.0 Å². The van der Waals surface area contributed by atoms with Crippen LogP contribution in [0.1, 0.15) is 27.7 Å². The monoisotopic (exact) mass is 226 g/mol. The van der Waals surface area contributed by atoms with Crippen LogP contribution < -0.4 is 0 Å². The fourth-order valence-electron chi connectivity index (χ4n) is 0.596. The number of hydrogen-bond acceptors (Lipinski definition) is 0. The average Bonchev–Trinajstić information content (AvgIpc) is 2.03. The largest absolute Gasteiger partial charge is 0.134 e. The van der Waals surface area contributed by atoms with E-state index in [4.69, 9.17) is 11.2 Å². The van der Waals surface area contributed by atoms with Gasteiger partial charge in [0.25, 0.3) is 0 Å². The number of rotatable bonds is 3. The molecular weight excluding hydrogens is 205 g/mol. The molecule has 0 bridgehead atoms. The van der Waals surface area contributed by atoms with E-state index in [-0.39, 0.29) is 7.27 Å². The first-order valence-electron chi connectivity index (χ1n) is 4.22. The molecule has 0 aliphatic rings. The zero-order valence-electron chi connectivity index (χ0n) is 8.55. The Kier molecular flexibility index (Phi) is 12.8. The van der Waals surface area contributed by atoms with Gasteiger partial charge in [0, 0.05) is 0 Å². The molecule has 0 radical (unpaired) electrons. The van der Waals surface area contributed by atoms with Gasteiger partial charge in [-0.05, 0) is 24.8 Å². The Bertz CT molecular complexity index is 94.7. The third-order valence-electron chi connectivity index (χ3n) is 1.15. The molecule has 0 aliphatic carbocycles. The molecule has 0 heterocycles. The lowest BCUT2D eigenvalue weighted by Crippen LogP contribution is -1.97. The van der Waals surface area contributed by atoms with E-state index in [0.29, 0.717) is 11.3 Å². The van der Waals surface area contributed by atoms with Gasteiger partial charge in [0.15, 0.2) is 0 Å². The van der Waals surface area contributed by atoms with E-state index >= 15 is 0 Å². The van der Waals surface area contributed by atoms with Gasteiger partial charge in [0.05, 0.1) is 0 Å². The highest BCUT2D eigenvalue weighted by molar-refractivity contribution is 7.85. The van der Waals surface area contributed by atoms with Crippen molar-refractivity contribution in [3.05, 3.63) is 12.7 Å². The summed E-state index contributed by atoms with van der Waals surface area (Å²) in [7, 11) is 2.31. The number of halogens is 1. The minimum absolute atomic E-state index is 0.226. The predicted octanol–water partition coefficient (Wildman–Crippen LogP) is 4.49. The zero-order valence-corrected chi connectivity index (χ0v) is 11.4. The smallest absolute Gasteiger partial charge is 0.00451 e. The van der Waals surface area contributed by atoms with Crippen molar-refractivity contribution in [3.8, 4) is 0 Å². The van der Waals surface area contributed by atoms with E-state index in [1.54, 1.807) is 0 Å². The van der Waals surface area contributed by atoms with Crippen molar-refractivity contribution in [1.82, 2.24) is 0 Å². The third-order valence-corrected chi connectivity index (χ3v) is 5.80. The van der Waals surface area contributed by atoms with Crippen LogP contribution in [0.3, 0.4) is 0 Å². The molecule has 74 valence electrons. The quantitative estimate of drug-likeness (QED) is 0.492. The van der Waals surface area contributed by atoms with Crippen LogP contribution in [0.5, 0.6) is 0 Å². The van der Waals surface area contributed by atoms with Crippen LogP contribution in [0.15, 0.2) is 12.7 Å². The molecule has 0 fully saturated rings. The number of allylic oxidation sites excluding steroid dienone is 1. The Morgan fingerprint density at radius 2 is 1.58 bits per heavy atom. The zero-order chi connectivity index (χ0) is 10.1. The van der Waals surface area contributed by atoms with Crippen molar-refractivity contribution in [2.75, 3.05) is 6.16 Å². The summed E-state index contributed by atoms with van der Waals surface area (Å²) in [6, 6.07) is 0. The molecule has 0 rings (SSSR count). The maximum absolute atomic E-state index is 6.02. The Labute approximate surface area is 85.9 Å². The Balaban J connectivity index is 0. The molecule has 0 N–H and O–H groups in total. The van der Waals surface area contributed by atoms with Crippen molar-refractivity contribution >= 4 is 27.8 Å². The summed E-state index contributed by atoms with van der Waals surface area (Å²) in [5.74, 6) is 0. The molecule has 0 aromatic carbocycles. The lowest BCUT2D eigenvalue weighted by molar-refractivity contribution is 1.03. The van der Waals surface area contributed by atoms with E-state index < -0.39 is 0 Å². The summed E-state index contributed by atoms with van der Waals surface area (Å²) < 4.78 is 0. The SMILES string of the molecule is C=CCP.CC(C)P(Cl)C(C)C. The molecule has 3 heteroatoms. The Morgan fingerprint density at radius 3 is 1.58 bits per heavy atom. The van der Waals surface area contributed by atoms with Crippen molar-refractivity contribution < 1.29 is 0 Å². The topological polar surface area (TPSA) is 0 Å². The van der Waals surface area contributed by atoms with E-state index in [2.05, 4.69) is 43.5 Å². The van der Waals surface area contributed by atoms with Crippen LogP contribution in [0.4, 0.5) is 0 Å². The standard InChI is InChI=1S/C6H14ClP.C3H7P/c1-5(2)8(7)6(3)4;1-2-3-4/h5-6H,1-4H3;2H,1,3-4H2. The molecule has 0 saturated heterocycles. The molecule has 0 saturated carbocycles. The Hall–Kier alpha value is 0.890. The van der Waals surface area contributed by atoms with Crippen LogP contribution in [-0.4, -0.2) is 17.5 Å². The molecule has 0 aliphatic heterocycles. The van der Waals surface area contributed by atoms with Gasteiger partial charge in [-0.15, -0.1) is 15.8 Å². The van der Waals surface area contributed by atoms with Gasteiger partial charge in [-0.2, -0.15) is 0 Å². The minimum atomic E-state index is -0.226. The highest BCUT2D eigenvalue weighted by Crippen LogP contribution is 2.50. The summed E-state index contributed by atoms with van der Waals surface area (Å²) in [6.07, 6.45) is 2.84. The first kappa shape index (κ1) is 15.4. The van der Waals surface area contributed by atoms with Crippen LogP contribution in [-0.2, 0) is 0 Å². The maximum atomic E-state index is 6.02. The van der Waals surface area contributed by atoms with Crippen molar-refractivity contribution in [1.29, 1.82) is 0 Å². The van der Waals surface area contributed by atoms with Crippen molar-refractivity contribution in [3.63, 3.8) is 0 Å². The first-order valence-corrected chi connectivity index (χ1v) is 7.42. The van der Waals surface area contributed by atoms with Crippen LogP contribution >= 0.6 is 27.8 Å². The second kappa shape index (κ2) is 9.97. The van der Waals surface area contributed by atoms with Crippen LogP contribution in [0, 0.1) is 0 Å². The van der Waals surface area contributed by atoms with E-state index in [1.165, 1.54) is 0 Å². The second-order valence-electron chi connectivity index (χ2n) is 3.06. The number of hydrogen-bond donors (Lipinski definition) is 0. The summed E-state index contributed by atoms with van der Waals surface area (Å²) in [4.78, 5) is 0. The van der Waals surface area contributed by atoms with Crippen LogP contribution in [0.25, 0.3) is 0 Å². The first-order chi connectivity index (χ1) is 5.47. The molecular formula is C9H21ClP2. The molecule has 0 aromatic heterocycles. The summed E-state index contributed by atoms with van der Waals surface area (Å²) in [5.41, 5.74) is 1.35. The molecule has 0 amide bonds. The lowest BCUT2D eigenvalue weighted by Gasteiger charge is -2.16. The van der Waals surface area contributed by atoms with Gasteiger partial charge in [-0.25, -0.2) is 0 Å². The molecule has 12 heavy (non-hydrogen) atoms. The van der Waals surface area contributed by atoms with E-state index in [0.717, 1.165) is 6.16 Å². The lowest BCUT2D eigenvalue weighted by atomic mass is 10.5. The van der Waals surface area contributed by atoms with Crippen LogP contribution in [0.2, 0.25) is 0 Å². The van der Waals surface area contributed by atoms with Crippen molar-refractivity contribution in [2.24, 2.45) is 0 Å². The van der Waals surface area contributed by atoms with Gasteiger partial charge >= 0.3 is 0 Å². The molecule has 1 unspecified atom stereocenters. The van der Waals surface area contributed by atoms with Gasteiger partial charge in [0.2, 0.25) is 0 Å². The highest BCUT2D eigenvalue weighted by atomic mass is 35.7. The Morgan fingerprint density at radius 1 is 1.33 bits per heavy atom. The van der Waals surface area contributed by atoms with E-state index in [1.807, 2.05) is 6.08 Å². The maximum Gasteiger partial charge on any atom is -0.00451 e. The van der Waals surface area contributed by atoms with Crippen molar-refractivity contribution in [2.45, 2.75) is 39.0 Å². The van der Waals surface area contributed by atoms with Gasteiger partial charge in [0.1, 0.15) is 0 Å². The predicted molar refractivity (Wildman–Crippen MR) is 67.8 cm³/mol. The fraction of sp³-hybridized carbons (Fsp3) is 0.778. The normalized spacial score (nSPS) is 10.1. The summed E-state index contributed by atoms with van der Waals surface area (Å²) >= 11 is 6.02. The van der Waals surface area contributed by atoms with E-state index in [9.17, 15) is 0 Å². The minimum Gasteiger partial charge on any atom is -0.134 e.